The first-order chi connectivity index (χ1) is 9.90. The minimum absolute atomic E-state index is 0.212. The van der Waals surface area contributed by atoms with E-state index in [0.717, 1.165) is 15.9 Å². The number of carbonyl (C=O) groups is 1. The lowest BCUT2D eigenvalue weighted by atomic mass is 10.1. The number of phenols is 1. The summed E-state index contributed by atoms with van der Waals surface area (Å²) in [5, 5.41) is 18.6. The molecule has 0 aliphatic carbocycles. The third-order valence-corrected chi connectivity index (χ3v) is 3.57. The van der Waals surface area contributed by atoms with E-state index < -0.39 is 23.0 Å². The number of anilines is 2. The number of hydrogen-bond donors (Lipinski definition) is 3. The molecule has 0 saturated carbocycles. The number of carboxylic acids is 1. The van der Waals surface area contributed by atoms with Crippen LogP contribution in [0.2, 0.25) is 0 Å². The number of aromatic carboxylic acids is 1. The normalized spacial score (nSPS) is 11.9. The minimum Gasteiger partial charge on any atom is -0.507 e. The molecule has 0 spiro atoms. The Morgan fingerprint density at radius 1 is 1.14 bits per heavy atom. The van der Waals surface area contributed by atoms with Gasteiger partial charge in [0.15, 0.2) is 0 Å². The topological polar surface area (TPSA) is 98.1 Å². The van der Waals surface area contributed by atoms with Crippen molar-refractivity contribution in [1.82, 2.24) is 0 Å². The molecular weight excluding hydrogens is 294 g/mol. The summed E-state index contributed by atoms with van der Waals surface area (Å²) in [7, 11) is 0. The maximum atomic E-state index is 11.6. The van der Waals surface area contributed by atoms with Crippen molar-refractivity contribution in [2.24, 2.45) is 0 Å². The number of benzene rings is 2. The van der Waals surface area contributed by atoms with Gasteiger partial charge in [-0.3, -0.25) is 4.55 Å². The van der Waals surface area contributed by atoms with Gasteiger partial charge >= 0.3 is 5.97 Å². The number of rotatable bonds is 4. The Labute approximate surface area is 123 Å². The molecule has 0 radical (unpaired) electrons. The van der Waals surface area contributed by atoms with Crippen LogP contribution in [0.25, 0.3) is 0 Å². The molecule has 0 heterocycles. The molecule has 0 amide bonds. The predicted octanol–water partition coefficient (Wildman–Crippen LogP) is 2.67. The van der Waals surface area contributed by atoms with Crippen molar-refractivity contribution < 1.29 is 23.8 Å². The van der Waals surface area contributed by atoms with E-state index in [1.165, 1.54) is 12.1 Å². The molecule has 0 bridgehead atoms. The van der Waals surface area contributed by atoms with Gasteiger partial charge in [-0.25, -0.2) is 13.3 Å². The first-order valence-corrected chi connectivity index (χ1v) is 7.00. The summed E-state index contributed by atoms with van der Waals surface area (Å²) in [6.45, 7) is 1.84. The summed E-state index contributed by atoms with van der Waals surface area (Å²) in [6.07, 6.45) is 0. The zero-order valence-electron chi connectivity index (χ0n) is 11.1. The molecule has 2 aromatic carbocycles. The van der Waals surface area contributed by atoms with Crippen LogP contribution in [0.1, 0.15) is 15.9 Å². The highest BCUT2D eigenvalue weighted by molar-refractivity contribution is 7.81. The minimum atomic E-state index is -2.36. The SMILES string of the molecule is Cc1cccc(N(c2ccc(C(=O)O)c(O)c2)S(=O)O)c1. The highest BCUT2D eigenvalue weighted by Gasteiger charge is 2.18. The zero-order chi connectivity index (χ0) is 15.6. The van der Waals surface area contributed by atoms with Crippen molar-refractivity contribution in [3.63, 3.8) is 0 Å². The van der Waals surface area contributed by atoms with Gasteiger partial charge in [-0.1, -0.05) is 12.1 Å². The molecule has 0 aliphatic heterocycles. The van der Waals surface area contributed by atoms with Crippen LogP contribution in [0.4, 0.5) is 11.4 Å². The summed E-state index contributed by atoms with van der Waals surface area (Å²) >= 11 is -2.36. The number of aromatic hydroxyl groups is 1. The Morgan fingerprint density at radius 3 is 2.33 bits per heavy atom. The van der Waals surface area contributed by atoms with E-state index in [-0.39, 0.29) is 11.3 Å². The fourth-order valence-corrected chi connectivity index (χ4v) is 2.50. The van der Waals surface area contributed by atoms with E-state index in [0.29, 0.717) is 5.69 Å². The maximum absolute atomic E-state index is 11.6. The molecule has 1 unspecified atom stereocenters. The Balaban J connectivity index is 2.51. The Bertz CT molecular complexity index is 716. The largest absolute Gasteiger partial charge is 0.507 e. The molecule has 0 aliphatic rings. The van der Waals surface area contributed by atoms with Crippen molar-refractivity contribution in [2.75, 3.05) is 4.31 Å². The van der Waals surface area contributed by atoms with Crippen molar-refractivity contribution in [2.45, 2.75) is 6.92 Å². The van der Waals surface area contributed by atoms with Gasteiger partial charge in [-0.05, 0) is 36.8 Å². The van der Waals surface area contributed by atoms with E-state index in [1.54, 1.807) is 18.2 Å². The van der Waals surface area contributed by atoms with Crippen LogP contribution in [-0.2, 0) is 11.3 Å². The standard InChI is InChI=1S/C14H13NO5S/c1-9-3-2-4-10(7-9)15(21(19)20)11-5-6-12(14(17)18)13(16)8-11/h2-8,16H,1H3,(H,17,18)(H,19,20). The van der Waals surface area contributed by atoms with Crippen molar-refractivity contribution in [3.8, 4) is 5.75 Å². The molecule has 6 nitrogen and oxygen atoms in total. The highest BCUT2D eigenvalue weighted by atomic mass is 32.2. The summed E-state index contributed by atoms with van der Waals surface area (Å²) in [5.41, 5.74) is 1.29. The molecule has 0 saturated heterocycles. The number of hydrogen-bond acceptors (Lipinski definition) is 3. The molecule has 110 valence electrons. The van der Waals surface area contributed by atoms with Crippen molar-refractivity contribution in [3.05, 3.63) is 53.6 Å². The van der Waals surface area contributed by atoms with Crippen LogP contribution in [0, 0.1) is 6.92 Å². The fourth-order valence-electron chi connectivity index (χ4n) is 1.91. The van der Waals surface area contributed by atoms with Gasteiger partial charge in [0.05, 0.1) is 11.4 Å². The second-order valence-corrected chi connectivity index (χ2v) is 5.20. The van der Waals surface area contributed by atoms with E-state index >= 15 is 0 Å². The molecule has 3 N–H and O–H groups in total. The van der Waals surface area contributed by atoms with E-state index in [4.69, 9.17) is 5.11 Å². The van der Waals surface area contributed by atoms with Gasteiger partial charge in [-0.15, -0.1) is 0 Å². The van der Waals surface area contributed by atoms with E-state index in [2.05, 4.69) is 0 Å². The summed E-state index contributed by atoms with van der Waals surface area (Å²) in [6, 6.07) is 10.6. The van der Waals surface area contributed by atoms with Crippen LogP contribution >= 0.6 is 0 Å². The van der Waals surface area contributed by atoms with Gasteiger partial charge in [0.25, 0.3) is 11.3 Å². The van der Waals surface area contributed by atoms with E-state index in [9.17, 15) is 18.7 Å². The van der Waals surface area contributed by atoms with Crippen LogP contribution in [-0.4, -0.2) is 24.9 Å². The Hall–Kier alpha value is -2.38. The summed E-state index contributed by atoms with van der Waals surface area (Å²) in [4.78, 5) is 10.9. The van der Waals surface area contributed by atoms with Crippen molar-refractivity contribution in [1.29, 1.82) is 0 Å². The third kappa shape index (κ3) is 3.21. The van der Waals surface area contributed by atoms with Crippen LogP contribution in [0.3, 0.4) is 0 Å². The second kappa shape index (κ2) is 5.94. The fraction of sp³-hybridized carbons (Fsp3) is 0.0714. The zero-order valence-corrected chi connectivity index (χ0v) is 11.9. The van der Waals surface area contributed by atoms with Crippen LogP contribution < -0.4 is 4.31 Å². The number of aryl methyl sites for hydroxylation is 1. The summed E-state index contributed by atoms with van der Waals surface area (Å²) in [5.74, 6) is -1.74. The molecule has 2 aromatic rings. The predicted molar refractivity (Wildman–Crippen MR) is 79.2 cm³/mol. The van der Waals surface area contributed by atoms with E-state index in [1.807, 2.05) is 13.0 Å². The summed E-state index contributed by atoms with van der Waals surface area (Å²) < 4.78 is 22.1. The molecular formula is C14H13NO5S. The first kappa shape index (κ1) is 15.0. The molecule has 7 heteroatoms. The molecule has 21 heavy (non-hydrogen) atoms. The van der Waals surface area contributed by atoms with Crippen LogP contribution in [0.5, 0.6) is 5.75 Å². The highest BCUT2D eigenvalue weighted by Crippen LogP contribution is 2.31. The third-order valence-electron chi connectivity index (χ3n) is 2.84. The number of nitrogens with zero attached hydrogens (tertiary/aromatic N) is 1. The molecule has 1 atom stereocenters. The Morgan fingerprint density at radius 2 is 1.81 bits per heavy atom. The smallest absolute Gasteiger partial charge is 0.339 e. The monoisotopic (exact) mass is 307 g/mol. The lowest BCUT2D eigenvalue weighted by molar-refractivity contribution is 0.0694. The average Bonchev–Trinajstić information content (AvgIpc) is 2.38. The second-order valence-electron chi connectivity index (χ2n) is 4.37. The average molecular weight is 307 g/mol. The van der Waals surface area contributed by atoms with Gasteiger partial charge < -0.3 is 10.2 Å². The number of carboxylic acid groups (broad SMARTS) is 1. The molecule has 0 aromatic heterocycles. The van der Waals surface area contributed by atoms with Gasteiger partial charge in [0, 0.05) is 6.07 Å². The molecule has 0 fully saturated rings. The van der Waals surface area contributed by atoms with Crippen molar-refractivity contribution >= 4 is 28.6 Å². The van der Waals surface area contributed by atoms with Crippen LogP contribution in [0.15, 0.2) is 42.5 Å². The first-order valence-electron chi connectivity index (χ1n) is 5.94. The maximum Gasteiger partial charge on any atom is 0.339 e. The van der Waals surface area contributed by atoms with Gasteiger partial charge in [0.2, 0.25) is 0 Å². The van der Waals surface area contributed by atoms with Gasteiger partial charge in [0.1, 0.15) is 11.3 Å². The van der Waals surface area contributed by atoms with Gasteiger partial charge in [-0.2, -0.15) is 0 Å². The lowest BCUT2D eigenvalue weighted by Crippen LogP contribution is -2.19. The quantitative estimate of drug-likeness (QED) is 0.754. The Kier molecular flexibility index (Phi) is 4.25. The lowest BCUT2D eigenvalue weighted by Gasteiger charge is -2.20. The molecule has 2 rings (SSSR count).